The van der Waals surface area contributed by atoms with Gasteiger partial charge in [-0.3, -0.25) is 14.6 Å². The number of hydrogen-bond acceptors (Lipinski definition) is 7. The van der Waals surface area contributed by atoms with Crippen molar-refractivity contribution in [2.45, 2.75) is 19.0 Å². The molecule has 0 saturated carbocycles. The number of nitrogens with zero attached hydrogens (tertiary/aromatic N) is 5. The first kappa shape index (κ1) is 21.7. The highest BCUT2D eigenvalue weighted by molar-refractivity contribution is 5.81. The third kappa shape index (κ3) is 5.78. The van der Waals surface area contributed by atoms with Crippen molar-refractivity contribution in [2.24, 2.45) is 0 Å². The van der Waals surface area contributed by atoms with Gasteiger partial charge >= 0.3 is 0 Å². The van der Waals surface area contributed by atoms with Crippen LogP contribution in [0.25, 0.3) is 0 Å². The SMILES string of the molecule is CNC(=O)C1CN(CCc2ccccc2)CCN1Cc1ccnc(N2CCOCC2)n1. The Labute approximate surface area is 184 Å². The van der Waals surface area contributed by atoms with E-state index >= 15 is 0 Å². The number of nitrogens with one attached hydrogen (secondary N) is 1. The van der Waals surface area contributed by atoms with Gasteiger partial charge in [0, 0.05) is 59.1 Å². The number of rotatable bonds is 7. The van der Waals surface area contributed by atoms with Crippen molar-refractivity contribution in [3.05, 3.63) is 53.9 Å². The number of amides is 1. The van der Waals surface area contributed by atoms with Gasteiger partial charge in [-0.15, -0.1) is 0 Å². The van der Waals surface area contributed by atoms with Gasteiger partial charge in [-0.2, -0.15) is 0 Å². The molecule has 0 spiro atoms. The number of benzene rings is 1. The molecule has 2 aliphatic rings. The number of ether oxygens (including phenoxy) is 1. The highest BCUT2D eigenvalue weighted by atomic mass is 16.5. The topological polar surface area (TPSA) is 73.8 Å². The Kier molecular flexibility index (Phi) is 7.45. The van der Waals surface area contributed by atoms with Crippen LogP contribution in [0.5, 0.6) is 0 Å². The van der Waals surface area contributed by atoms with E-state index in [1.807, 2.05) is 18.3 Å². The van der Waals surface area contributed by atoms with Crippen LogP contribution in [-0.4, -0.2) is 91.2 Å². The summed E-state index contributed by atoms with van der Waals surface area (Å²) in [4.78, 5) is 28.7. The summed E-state index contributed by atoms with van der Waals surface area (Å²) in [5, 5.41) is 2.85. The summed E-state index contributed by atoms with van der Waals surface area (Å²) >= 11 is 0. The van der Waals surface area contributed by atoms with E-state index in [2.05, 4.69) is 49.3 Å². The van der Waals surface area contributed by atoms with Crippen molar-refractivity contribution in [1.29, 1.82) is 0 Å². The number of aromatic nitrogens is 2. The van der Waals surface area contributed by atoms with Crippen molar-refractivity contribution < 1.29 is 9.53 Å². The number of carbonyl (C=O) groups is 1. The lowest BCUT2D eigenvalue weighted by molar-refractivity contribution is -0.128. The van der Waals surface area contributed by atoms with Crippen molar-refractivity contribution in [3.8, 4) is 0 Å². The molecule has 1 aromatic heterocycles. The molecule has 1 amide bonds. The molecule has 8 nitrogen and oxygen atoms in total. The molecule has 2 fully saturated rings. The molecule has 2 aromatic rings. The fraction of sp³-hybridized carbons (Fsp3) is 0.522. The second kappa shape index (κ2) is 10.7. The summed E-state index contributed by atoms with van der Waals surface area (Å²) < 4.78 is 5.43. The van der Waals surface area contributed by atoms with Gasteiger partial charge in [0.25, 0.3) is 0 Å². The van der Waals surface area contributed by atoms with E-state index < -0.39 is 0 Å². The minimum absolute atomic E-state index is 0.0619. The maximum Gasteiger partial charge on any atom is 0.238 e. The Balaban J connectivity index is 1.39. The summed E-state index contributed by atoms with van der Waals surface area (Å²) in [6.07, 6.45) is 2.81. The standard InChI is InChI=1S/C23H32N6O2/c1-24-22(30)21-18-27(10-8-19-5-3-2-4-6-19)11-12-29(21)17-20-7-9-25-23(26-20)28-13-15-31-16-14-28/h2-7,9,21H,8,10-18H2,1H3,(H,24,30). The number of likely N-dealkylation sites (N-methyl/N-ethyl adjacent to an activating group) is 1. The maximum absolute atomic E-state index is 12.7. The van der Waals surface area contributed by atoms with Crippen LogP contribution in [0, 0.1) is 0 Å². The smallest absolute Gasteiger partial charge is 0.238 e. The zero-order valence-corrected chi connectivity index (χ0v) is 18.2. The van der Waals surface area contributed by atoms with Gasteiger partial charge in [0.15, 0.2) is 0 Å². The molecule has 0 bridgehead atoms. The van der Waals surface area contributed by atoms with Gasteiger partial charge in [0.2, 0.25) is 11.9 Å². The second-order valence-corrected chi connectivity index (χ2v) is 8.08. The Bertz CT molecular complexity index is 843. The molecule has 4 rings (SSSR count). The van der Waals surface area contributed by atoms with E-state index in [4.69, 9.17) is 9.72 Å². The van der Waals surface area contributed by atoms with Crippen LogP contribution in [0.15, 0.2) is 42.6 Å². The second-order valence-electron chi connectivity index (χ2n) is 8.08. The van der Waals surface area contributed by atoms with E-state index in [1.165, 1.54) is 5.56 Å². The fourth-order valence-corrected chi connectivity index (χ4v) is 4.21. The zero-order chi connectivity index (χ0) is 21.5. The summed E-state index contributed by atoms with van der Waals surface area (Å²) in [6.45, 7) is 7.15. The Morgan fingerprint density at radius 2 is 1.94 bits per heavy atom. The number of morpholine rings is 1. The molecule has 8 heteroatoms. The van der Waals surface area contributed by atoms with Gasteiger partial charge in [-0.05, 0) is 18.1 Å². The van der Waals surface area contributed by atoms with E-state index in [0.717, 1.165) is 57.3 Å². The third-order valence-corrected chi connectivity index (χ3v) is 6.04. The van der Waals surface area contributed by atoms with Crippen molar-refractivity contribution in [2.75, 3.05) is 64.4 Å². The van der Waals surface area contributed by atoms with Crippen LogP contribution in [0.1, 0.15) is 11.3 Å². The maximum atomic E-state index is 12.7. The first-order valence-corrected chi connectivity index (χ1v) is 11.1. The first-order valence-electron chi connectivity index (χ1n) is 11.1. The normalized spacial score (nSPS) is 20.5. The molecule has 166 valence electrons. The minimum atomic E-state index is -0.184. The summed E-state index contributed by atoms with van der Waals surface area (Å²) in [7, 11) is 1.71. The molecule has 2 aliphatic heterocycles. The molecule has 1 unspecified atom stereocenters. The van der Waals surface area contributed by atoms with E-state index in [1.54, 1.807) is 7.05 Å². The predicted octanol–water partition coefficient (Wildman–Crippen LogP) is 0.788. The third-order valence-electron chi connectivity index (χ3n) is 6.04. The van der Waals surface area contributed by atoms with Crippen LogP contribution >= 0.6 is 0 Å². The zero-order valence-electron chi connectivity index (χ0n) is 18.2. The van der Waals surface area contributed by atoms with Crippen LogP contribution in [0.4, 0.5) is 5.95 Å². The molecule has 0 aliphatic carbocycles. The van der Waals surface area contributed by atoms with Crippen LogP contribution in [0.3, 0.4) is 0 Å². The average Bonchev–Trinajstić information content (AvgIpc) is 2.84. The number of piperazine rings is 1. The average molecular weight is 425 g/mol. The molecule has 2 saturated heterocycles. The number of anilines is 1. The number of hydrogen-bond donors (Lipinski definition) is 1. The minimum Gasteiger partial charge on any atom is -0.378 e. The molecular formula is C23H32N6O2. The van der Waals surface area contributed by atoms with Gasteiger partial charge in [-0.1, -0.05) is 30.3 Å². The fourth-order valence-electron chi connectivity index (χ4n) is 4.21. The Hall–Kier alpha value is -2.55. The monoisotopic (exact) mass is 424 g/mol. The number of carbonyl (C=O) groups excluding carboxylic acids is 1. The lowest BCUT2D eigenvalue weighted by Crippen LogP contribution is -2.58. The quantitative estimate of drug-likeness (QED) is 0.704. The van der Waals surface area contributed by atoms with Gasteiger partial charge < -0.3 is 15.0 Å². The van der Waals surface area contributed by atoms with Gasteiger partial charge in [0.05, 0.1) is 18.9 Å². The van der Waals surface area contributed by atoms with Crippen LogP contribution < -0.4 is 10.2 Å². The lowest BCUT2D eigenvalue weighted by Gasteiger charge is -2.40. The summed E-state index contributed by atoms with van der Waals surface area (Å²) in [5.74, 6) is 0.811. The molecule has 1 aromatic carbocycles. The molecule has 1 atom stereocenters. The largest absolute Gasteiger partial charge is 0.378 e. The summed E-state index contributed by atoms with van der Waals surface area (Å²) in [5.41, 5.74) is 2.28. The van der Waals surface area contributed by atoms with E-state index in [9.17, 15) is 4.79 Å². The van der Waals surface area contributed by atoms with Crippen molar-refractivity contribution in [3.63, 3.8) is 0 Å². The molecule has 1 N–H and O–H groups in total. The molecule has 3 heterocycles. The van der Waals surface area contributed by atoms with Gasteiger partial charge in [0.1, 0.15) is 6.04 Å². The molecular weight excluding hydrogens is 392 g/mol. The highest BCUT2D eigenvalue weighted by Gasteiger charge is 2.32. The van der Waals surface area contributed by atoms with Crippen LogP contribution in [0.2, 0.25) is 0 Å². The Morgan fingerprint density at radius 3 is 2.71 bits per heavy atom. The van der Waals surface area contributed by atoms with E-state index in [0.29, 0.717) is 19.8 Å². The first-order chi connectivity index (χ1) is 15.2. The predicted molar refractivity (Wildman–Crippen MR) is 120 cm³/mol. The molecule has 31 heavy (non-hydrogen) atoms. The summed E-state index contributed by atoms with van der Waals surface area (Å²) in [6, 6.07) is 12.3. The van der Waals surface area contributed by atoms with Crippen molar-refractivity contribution >= 4 is 11.9 Å². The lowest BCUT2D eigenvalue weighted by atomic mass is 10.1. The highest BCUT2D eigenvalue weighted by Crippen LogP contribution is 2.16. The van der Waals surface area contributed by atoms with Gasteiger partial charge in [-0.25, -0.2) is 9.97 Å². The molecule has 0 radical (unpaired) electrons. The van der Waals surface area contributed by atoms with E-state index in [-0.39, 0.29) is 11.9 Å². The van der Waals surface area contributed by atoms with Crippen molar-refractivity contribution in [1.82, 2.24) is 25.1 Å². The Morgan fingerprint density at radius 1 is 1.13 bits per heavy atom. The van der Waals surface area contributed by atoms with Crippen LogP contribution in [-0.2, 0) is 22.5 Å².